The maximum atomic E-state index is 13.5. The average Bonchev–Trinajstić information content (AvgIpc) is 2.34. The van der Waals surface area contributed by atoms with Crippen molar-refractivity contribution in [2.24, 2.45) is 0 Å². The van der Waals surface area contributed by atoms with E-state index in [-0.39, 0.29) is 10.7 Å². The Morgan fingerprint density at radius 3 is 2.47 bits per heavy atom. The Kier molecular flexibility index (Phi) is 4.24. The molecule has 6 heteroatoms. The highest BCUT2D eigenvalue weighted by molar-refractivity contribution is 6.33. The first kappa shape index (κ1) is 13.6. The first-order valence-corrected chi connectivity index (χ1v) is 6.09. The smallest absolute Gasteiger partial charge is 0.308 e. The molecule has 0 bridgehead atoms. The lowest BCUT2D eigenvalue weighted by molar-refractivity contribution is 0.262. The second kappa shape index (κ2) is 5.91. The van der Waals surface area contributed by atoms with Gasteiger partial charge in [0.15, 0.2) is 0 Å². The molecule has 19 heavy (non-hydrogen) atoms. The number of hydrogen-bond acceptors (Lipinski definition) is 1. The van der Waals surface area contributed by atoms with Crippen LogP contribution in [0.1, 0.15) is 0 Å². The van der Waals surface area contributed by atoms with Crippen molar-refractivity contribution >= 4 is 40.6 Å². The molecule has 2 rings (SSSR count). The molecule has 98 valence electrons. The van der Waals surface area contributed by atoms with E-state index < -0.39 is 11.8 Å². The minimum absolute atomic E-state index is 0.0660. The van der Waals surface area contributed by atoms with E-state index in [9.17, 15) is 9.18 Å². The lowest BCUT2D eigenvalue weighted by Crippen LogP contribution is -2.20. The number of anilines is 2. The van der Waals surface area contributed by atoms with E-state index in [0.717, 1.165) is 0 Å². The molecule has 0 unspecified atom stereocenters. The summed E-state index contributed by atoms with van der Waals surface area (Å²) in [6.45, 7) is 0. The molecule has 0 radical (unpaired) electrons. The van der Waals surface area contributed by atoms with Crippen LogP contribution in [0.25, 0.3) is 0 Å². The molecule has 2 aromatic carbocycles. The van der Waals surface area contributed by atoms with Crippen LogP contribution in [0, 0.1) is 5.82 Å². The third-order valence-corrected chi connectivity index (χ3v) is 2.83. The third kappa shape index (κ3) is 3.59. The highest BCUT2D eigenvalue weighted by Crippen LogP contribution is 2.24. The minimum atomic E-state index is -0.603. The normalized spacial score (nSPS) is 10.1. The van der Waals surface area contributed by atoms with Gasteiger partial charge in [-0.15, -0.1) is 0 Å². The Morgan fingerprint density at radius 2 is 1.79 bits per heavy atom. The van der Waals surface area contributed by atoms with Crippen LogP contribution in [0.2, 0.25) is 10.0 Å². The van der Waals surface area contributed by atoms with Crippen molar-refractivity contribution in [1.29, 1.82) is 0 Å². The van der Waals surface area contributed by atoms with E-state index >= 15 is 0 Å². The maximum absolute atomic E-state index is 13.5. The van der Waals surface area contributed by atoms with Crippen LogP contribution < -0.4 is 10.6 Å². The number of carbonyl (C=O) groups excluding carboxylic acids is 1. The van der Waals surface area contributed by atoms with Gasteiger partial charge in [-0.2, -0.15) is 0 Å². The number of rotatable bonds is 2. The van der Waals surface area contributed by atoms with Gasteiger partial charge in [-0.1, -0.05) is 35.3 Å². The Labute approximate surface area is 119 Å². The van der Waals surface area contributed by atoms with E-state index in [2.05, 4.69) is 10.6 Å². The van der Waals surface area contributed by atoms with E-state index in [0.29, 0.717) is 10.7 Å². The predicted molar refractivity (Wildman–Crippen MR) is 75.5 cm³/mol. The van der Waals surface area contributed by atoms with Gasteiger partial charge in [-0.25, -0.2) is 9.18 Å². The fraction of sp³-hybridized carbons (Fsp3) is 0. The van der Waals surface area contributed by atoms with Crippen molar-refractivity contribution in [3.05, 3.63) is 58.3 Å². The molecule has 0 saturated heterocycles. The van der Waals surface area contributed by atoms with Crippen molar-refractivity contribution < 1.29 is 9.18 Å². The van der Waals surface area contributed by atoms with Crippen LogP contribution in [0.3, 0.4) is 0 Å². The minimum Gasteiger partial charge on any atom is -0.308 e. The summed E-state index contributed by atoms with van der Waals surface area (Å²) < 4.78 is 13.5. The summed E-state index contributed by atoms with van der Waals surface area (Å²) in [6, 6.07) is 10.2. The summed E-state index contributed by atoms with van der Waals surface area (Å²) in [5, 5.41) is 5.49. The molecule has 2 N–H and O–H groups in total. The zero-order chi connectivity index (χ0) is 13.8. The fourth-order valence-electron chi connectivity index (χ4n) is 1.46. The molecule has 0 aliphatic rings. The van der Waals surface area contributed by atoms with Gasteiger partial charge in [0.2, 0.25) is 0 Å². The van der Waals surface area contributed by atoms with Crippen molar-refractivity contribution in [2.45, 2.75) is 0 Å². The summed E-state index contributed by atoms with van der Waals surface area (Å²) >= 11 is 11.6. The highest BCUT2D eigenvalue weighted by Gasteiger charge is 2.10. The van der Waals surface area contributed by atoms with E-state index in [1.54, 1.807) is 24.3 Å². The largest absolute Gasteiger partial charge is 0.323 e. The summed E-state index contributed by atoms with van der Waals surface area (Å²) in [6.07, 6.45) is 0. The first-order chi connectivity index (χ1) is 9.06. The molecule has 2 aromatic rings. The van der Waals surface area contributed by atoms with Crippen molar-refractivity contribution in [2.75, 3.05) is 10.6 Å². The highest BCUT2D eigenvalue weighted by atomic mass is 35.5. The maximum Gasteiger partial charge on any atom is 0.323 e. The second-order valence-electron chi connectivity index (χ2n) is 3.69. The Hall–Kier alpha value is -1.78. The van der Waals surface area contributed by atoms with Crippen LogP contribution in [0.4, 0.5) is 20.6 Å². The molecular formula is C13H9Cl2FN2O. The van der Waals surface area contributed by atoms with Crippen LogP contribution >= 0.6 is 23.2 Å². The number of urea groups is 1. The molecule has 3 nitrogen and oxygen atoms in total. The topological polar surface area (TPSA) is 41.1 Å². The summed E-state index contributed by atoms with van der Waals surface area (Å²) in [5.74, 6) is -0.603. The molecule has 0 saturated carbocycles. The monoisotopic (exact) mass is 298 g/mol. The van der Waals surface area contributed by atoms with Gasteiger partial charge in [-0.05, 0) is 30.3 Å². The van der Waals surface area contributed by atoms with Gasteiger partial charge in [0.1, 0.15) is 5.82 Å². The number of para-hydroxylation sites is 1. The number of nitrogens with one attached hydrogen (secondary N) is 2. The number of carbonyl (C=O) groups is 1. The molecular weight excluding hydrogens is 290 g/mol. The molecule has 0 fully saturated rings. The van der Waals surface area contributed by atoms with Crippen LogP contribution in [-0.4, -0.2) is 6.03 Å². The molecule has 0 aromatic heterocycles. The van der Waals surface area contributed by atoms with E-state index in [1.165, 1.54) is 18.2 Å². The van der Waals surface area contributed by atoms with Gasteiger partial charge >= 0.3 is 6.03 Å². The van der Waals surface area contributed by atoms with Gasteiger partial charge < -0.3 is 10.6 Å². The standard InChI is InChI=1S/C13H9Cl2FN2O/c14-8-3-1-4-9(7-8)17-13(19)18-12-10(15)5-2-6-11(12)16/h1-7H,(H2,17,18,19). The fourth-order valence-corrected chi connectivity index (χ4v) is 1.86. The van der Waals surface area contributed by atoms with Gasteiger partial charge in [-0.3, -0.25) is 0 Å². The summed E-state index contributed by atoms with van der Waals surface area (Å²) in [4.78, 5) is 11.7. The zero-order valence-corrected chi connectivity index (χ0v) is 11.1. The SMILES string of the molecule is O=C(Nc1cccc(Cl)c1)Nc1c(F)cccc1Cl. The van der Waals surface area contributed by atoms with E-state index in [1.807, 2.05) is 0 Å². The second-order valence-corrected chi connectivity index (χ2v) is 4.53. The summed E-state index contributed by atoms with van der Waals surface area (Å²) in [7, 11) is 0. The molecule has 0 heterocycles. The number of benzene rings is 2. The molecule has 0 atom stereocenters. The van der Waals surface area contributed by atoms with E-state index in [4.69, 9.17) is 23.2 Å². The third-order valence-electron chi connectivity index (χ3n) is 2.28. The van der Waals surface area contributed by atoms with Gasteiger partial charge in [0.05, 0.1) is 10.7 Å². The van der Waals surface area contributed by atoms with Gasteiger partial charge in [0, 0.05) is 10.7 Å². The first-order valence-electron chi connectivity index (χ1n) is 5.34. The van der Waals surface area contributed by atoms with Crippen LogP contribution in [-0.2, 0) is 0 Å². The number of hydrogen-bond donors (Lipinski definition) is 2. The number of halogens is 3. The van der Waals surface area contributed by atoms with Crippen molar-refractivity contribution in [1.82, 2.24) is 0 Å². The Bertz CT molecular complexity index is 599. The molecule has 0 aliphatic heterocycles. The molecule has 0 spiro atoms. The Balaban J connectivity index is 2.10. The van der Waals surface area contributed by atoms with Crippen LogP contribution in [0.5, 0.6) is 0 Å². The van der Waals surface area contributed by atoms with Gasteiger partial charge in [0.25, 0.3) is 0 Å². The lowest BCUT2D eigenvalue weighted by Gasteiger charge is -2.09. The quantitative estimate of drug-likeness (QED) is 0.823. The lowest BCUT2D eigenvalue weighted by atomic mass is 10.3. The average molecular weight is 299 g/mol. The van der Waals surface area contributed by atoms with Crippen LogP contribution in [0.15, 0.2) is 42.5 Å². The van der Waals surface area contributed by atoms with Crippen molar-refractivity contribution in [3.8, 4) is 0 Å². The number of amides is 2. The molecule has 0 aliphatic carbocycles. The molecule has 2 amide bonds. The van der Waals surface area contributed by atoms with Crippen molar-refractivity contribution in [3.63, 3.8) is 0 Å². The zero-order valence-electron chi connectivity index (χ0n) is 9.58. The summed E-state index contributed by atoms with van der Waals surface area (Å²) in [5.41, 5.74) is 0.432. The Morgan fingerprint density at radius 1 is 1.05 bits per heavy atom. The predicted octanol–water partition coefficient (Wildman–Crippen LogP) is 4.78.